The van der Waals surface area contributed by atoms with E-state index in [9.17, 15) is 17.6 Å². The van der Waals surface area contributed by atoms with Crippen LogP contribution in [0.1, 0.15) is 15.9 Å². The molecule has 0 saturated heterocycles. The maximum Gasteiger partial charge on any atom is 0.261 e. The Morgan fingerprint density at radius 3 is 2.18 bits per heavy atom. The Morgan fingerprint density at radius 2 is 1.54 bits per heavy atom. The Balaban J connectivity index is 1.86. The van der Waals surface area contributed by atoms with Gasteiger partial charge in [0.2, 0.25) is 0 Å². The summed E-state index contributed by atoms with van der Waals surface area (Å²) in [7, 11) is -3.95. The van der Waals surface area contributed by atoms with Crippen molar-refractivity contribution in [2.45, 2.75) is 11.8 Å². The van der Waals surface area contributed by atoms with E-state index >= 15 is 0 Å². The van der Waals surface area contributed by atoms with Crippen LogP contribution in [0.3, 0.4) is 0 Å². The molecular weight excluding hydrogens is 403 g/mol. The van der Waals surface area contributed by atoms with E-state index in [-0.39, 0.29) is 16.1 Å². The number of carbonyl (C=O) groups excluding carboxylic acids is 1. The van der Waals surface area contributed by atoms with E-state index in [0.717, 1.165) is 12.1 Å². The molecule has 0 unspecified atom stereocenters. The highest BCUT2D eigenvalue weighted by atomic mass is 35.5. The van der Waals surface area contributed by atoms with Gasteiger partial charge in [-0.15, -0.1) is 0 Å². The number of rotatable bonds is 5. The number of nitrogens with one attached hydrogen (secondary N) is 2. The van der Waals surface area contributed by atoms with Crippen LogP contribution in [-0.2, 0) is 10.0 Å². The predicted octanol–water partition coefficient (Wildman–Crippen LogP) is 4.84. The molecule has 0 aliphatic heterocycles. The minimum Gasteiger partial charge on any atom is -0.322 e. The lowest BCUT2D eigenvalue weighted by atomic mass is 10.1. The van der Waals surface area contributed by atoms with E-state index in [4.69, 9.17) is 11.6 Å². The van der Waals surface area contributed by atoms with Crippen molar-refractivity contribution in [3.63, 3.8) is 0 Å². The summed E-state index contributed by atoms with van der Waals surface area (Å²) in [5.41, 5.74) is 1.59. The molecule has 0 radical (unpaired) electrons. The van der Waals surface area contributed by atoms with Crippen molar-refractivity contribution in [2.75, 3.05) is 10.0 Å². The fourth-order valence-electron chi connectivity index (χ4n) is 2.48. The summed E-state index contributed by atoms with van der Waals surface area (Å²) in [5, 5.41) is 3.24. The van der Waals surface area contributed by atoms with Gasteiger partial charge in [0.1, 0.15) is 5.82 Å². The first-order chi connectivity index (χ1) is 13.2. The van der Waals surface area contributed by atoms with E-state index in [1.54, 1.807) is 37.3 Å². The maximum absolute atomic E-state index is 13.0. The highest BCUT2D eigenvalue weighted by molar-refractivity contribution is 7.92. The lowest BCUT2D eigenvalue weighted by Crippen LogP contribution is -2.17. The number of hydrogen-bond donors (Lipinski definition) is 2. The van der Waals surface area contributed by atoms with Crippen molar-refractivity contribution in [3.05, 3.63) is 88.7 Å². The minimum atomic E-state index is -3.95. The van der Waals surface area contributed by atoms with Crippen molar-refractivity contribution in [2.24, 2.45) is 0 Å². The molecule has 2 N–H and O–H groups in total. The zero-order valence-corrected chi connectivity index (χ0v) is 16.3. The summed E-state index contributed by atoms with van der Waals surface area (Å²) in [4.78, 5) is 12.5. The molecule has 3 aromatic carbocycles. The average Bonchev–Trinajstić information content (AvgIpc) is 2.65. The molecule has 3 aromatic rings. The molecule has 3 rings (SSSR count). The second-order valence-corrected chi connectivity index (χ2v) is 8.17. The zero-order valence-electron chi connectivity index (χ0n) is 14.7. The molecule has 8 heteroatoms. The van der Waals surface area contributed by atoms with E-state index in [1.165, 1.54) is 24.3 Å². The van der Waals surface area contributed by atoms with Crippen LogP contribution in [0.4, 0.5) is 15.8 Å². The standard InChI is InChI=1S/C20H16ClFN2O3S/c1-13-2-11-18(28(26,27)24-17-9-5-15(22)6-10-17)12-19(13)20(25)23-16-7-3-14(21)4-8-16/h2-12,24H,1H3,(H,23,25). The van der Waals surface area contributed by atoms with Crippen molar-refractivity contribution in [1.29, 1.82) is 0 Å². The van der Waals surface area contributed by atoms with Gasteiger partial charge < -0.3 is 5.32 Å². The van der Waals surface area contributed by atoms with Gasteiger partial charge in [-0.2, -0.15) is 0 Å². The largest absolute Gasteiger partial charge is 0.322 e. The second-order valence-electron chi connectivity index (χ2n) is 6.05. The van der Waals surface area contributed by atoms with Gasteiger partial charge in [0.25, 0.3) is 15.9 Å². The Morgan fingerprint density at radius 1 is 0.929 bits per heavy atom. The normalized spacial score (nSPS) is 11.1. The fourth-order valence-corrected chi connectivity index (χ4v) is 3.69. The maximum atomic E-state index is 13.0. The molecule has 0 aliphatic carbocycles. The summed E-state index contributed by atoms with van der Waals surface area (Å²) in [6.07, 6.45) is 0. The van der Waals surface area contributed by atoms with Gasteiger partial charge in [-0.3, -0.25) is 9.52 Å². The lowest BCUT2D eigenvalue weighted by molar-refractivity contribution is 0.102. The molecule has 28 heavy (non-hydrogen) atoms. The van der Waals surface area contributed by atoms with Crippen LogP contribution in [-0.4, -0.2) is 14.3 Å². The molecular formula is C20H16ClFN2O3S. The van der Waals surface area contributed by atoms with Gasteiger partial charge >= 0.3 is 0 Å². The second kappa shape index (κ2) is 8.00. The topological polar surface area (TPSA) is 75.3 Å². The van der Waals surface area contributed by atoms with E-state index in [1.807, 2.05) is 0 Å². The van der Waals surface area contributed by atoms with Gasteiger partial charge in [-0.1, -0.05) is 17.7 Å². The summed E-state index contributed by atoms with van der Waals surface area (Å²) >= 11 is 5.83. The SMILES string of the molecule is Cc1ccc(S(=O)(=O)Nc2ccc(F)cc2)cc1C(=O)Nc1ccc(Cl)cc1. The number of hydrogen-bond acceptors (Lipinski definition) is 3. The highest BCUT2D eigenvalue weighted by Gasteiger charge is 2.18. The third-order valence-corrected chi connectivity index (χ3v) is 5.59. The minimum absolute atomic E-state index is 0.0799. The average molecular weight is 419 g/mol. The Hall–Kier alpha value is -2.90. The van der Waals surface area contributed by atoms with Crippen LogP contribution in [0.2, 0.25) is 5.02 Å². The van der Waals surface area contributed by atoms with E-state index < -0.39 is 21.7 Å². The van der Waals surface area contributed by atoms with Crippen LogP contribution < -0.4 is 10.0 Å². The van der Waals surface area contributed by atoms with Crippen molar-refractivity contribution >= 4 is 38.9 Å². The number of amides is 1. The van der Waals surface area contributed by atoms with Gasteiger partial charge in [0.15, 0.2) is 0 Å². The Labute approximate surface area is 167 Å². The molecule has 1 amide bonds. The van der Waals surface area contributed by atoms with Crippen LogP contribution in [0.5, 0.6) is 0 Å². The fraction of sp³-hybridized carbons (Fsp3) is 0.0500. The third-order valence-electron chi connectivity index (χ3n) is 3.96. The summed E-state index contributed by atoms with van der Waals surface area (Å²) < 4.78 is 40.6. The Bertz CT molecular complexity index is 1120. The number of anilines is 2. The lowest BCUT2D eigenvalue weighted by Gasteiger charge is -2.12. The zero-order chi connectivity index (χ0) is 20.3. The van der Waals surface area contributed by atoms with Crippen molar-refractivity contribution in [1.82, 2.24) is 0 Å². The number of benzene rings is 3. The molecule has 0 fully saturated rings. The van der Waals surface area contributed by atoms with E-state index in [0.29, 0.717) is 16.3 Å². The Kier molecular flexibility index (Phi) is 5.67. The molecule has 0 aromatic heterocycles. The molecule has 0 atom stereocenters. The molecule has 0 aliphatic rings. The van der Waals surface area contributed by atoms with Crippen LogP contribution in [0.15, 0.2) is 71.6 Å². The summed E-state index contributed by atoms with van der Waals surface area (Å²) in [5.74, 6) is -0.918. The first kappa shape index (κ1) is 19.9. The molecule has 0 saturated carbocycles. The van der Waals surface area contributed by atoms with Gasteiger partial charge in [0.05, 0.1) is 4.90 Å². The van der Waals surface area contributed by atoms with Crippen LogP contribution in [0.25, 0.3) is 0 Å². The molecule has 0 spiro atoms. The van der Waals surface area contributed by atoms with Gasteiger partial charge in [-0.05, 0) is 73.2 Å². The highest BCUT2D eigenvalue weighted by Crippen LogP contribution is 2.21. The predicted molar refractivity (Wildman–Crippen MR) is 108 cm³/mol. The first-order valence-corrected chi connectivity index (χ1v) is 10.1. The summed E-state index contributed by atoms with van der Waals surface area (Å²) in [6, 6.07) is 15.7. The number of carbonyl (C=O) groups is 1. The van der Waals surface area contributed by atoms with Gasteiger partial charge in [0, 0.05) is 22.0 Å². The van der Waals surface area contributed by atoms with Crippen molar-refractivity contribution in [3.8, 4) is 0 Å². The first-order valence-electron chi connectivity index (χ1n) is 8.20. The van der Waals surface area contributed by atoms with Gasteiger partial charge in [-0.25, -0.2) is 12.8 Å². The van der Waals surface area contributed by atoms with Crippen molar-refractivity contribution < 1.29 is 17.6 Å². The van der Waals surface area contributed by atoms with E-state index in [2.05, 4.69) is 10.0 Å². The monoisotopic (exact) mass is 418 g/mol. The molecule has 0 bridgehead atoms. The quantitative estimate of drug-likeness (QED) is 0.622. The molecule has 0 heterocycles. The van der Waals surface area contributed by atoms with Crippen LogP contribution >= 0.6 is 11.6 Å². The number of sulfonamides is 1. The summed E-state index contributed by atoms with van der Waals surface area (Å²) in [6.45, 7) is 1.71. The number of aryl methyl sites for hydroxylation is 1. The number of halogens is 2. The van der Waals surface area contributed by atoms with Crippen LogP contribution in [0, 0.1) is 12.7 Å². The smallest absolute Gasteiger partial charge is 0.261 e. The third kappa shape index (κ3) is 4.68. The molecule has 5 nitrogen and oxygen atoms in total. The molecule has 144 valence electrons.